The molecule has 9 nitrogen and oxygen atoms in total. The Bertz CT molecular complexity index is 587. The van der Waals surface area contributed by atoms with Crippen LogP contribution in [-0.2, 0) is 19.2 Å². The van der Waals surface area contributed by atoms with E-state index in [9.17, 15) is 24.3 Å². The number of rotatable bonds is 9. The van der Waals surface area contributed by atoms with E-state index in [1.165, 1.54) is 18.7 Å². The Morgan fingerprint density at radius 2 is 2.04 bits per heavy atom. The lowest BCUT2D eigenvalue weighted by Crippen LogP contribution is -2.44. The van der Waals surface area contributed by atoms with E-state index in [0.29, 0.717) is 6.42 Å². The average molecular weight is 369 g/mol. The number of hydrogen-bond donors (Lipinski definition) is 4. The lowest BCUT2D eigenvalue weighted by Gasteiger charge is -2.26. The van der Waals surface area contributed by atoms with Crippen molar-refractivity contribution in [2.75, 3.05) is 19.7 Å². The zero-order valence-electron chi connectivity index (χ0n) is 15.3. The SMILES string of the molecule is CC1CC(=O)N(CCCNC(=O)/C=C\NC(=O)[C@H](O)C(C)(C)CO)C1=O. The number of aliphatic hydroxyl groups is 2. The molecular weight excluding hydrogens is 342 g/mol. The van der Waals surface area contributed by atoms with Gasteiger partial charge in [-0.3, -0.25) is 24.1 Å². The number of nitrogens with zero attached hydrogens (tertiary/aromatic N) is 1. The normalized spacial score (nSPS) is 19.1. The van der Waals surface area contributed by atoms with Gasteiger partial charge >= 0.3 is 0 Å². The minimum Gasteiger partial charge on any atom is -0.396 e. The number of aliphatic hydroxyl groups excluding tert-OH is 2. The molecule has 1 saturated heterocycles. The molecule has 1 rings (SSSR count). The van der Waals surface area contributed by atoms with Gasteiger partial charge < -0.3 is 20.8 Å². The molecule has 0 bridgehead atoms. The summed E-state index contributed by atoms with van der Waals surface area (Å²) in [4.78, 5) is 47.9. The Morgan fingerprint density at radius 3 is 2.58 bits per heavy atom. The Morgan fingerprint density at radius 1 is 1.38 bits per heavy atom. The zero-order chi connectivity index (χ0) is 19.9. The number of hydrogen-bond acceptors (Lipinski definition) is 6. The second-order valence-electron chi connectivity index (χ2n) is 7.02. The van der Waals surface area contributed by atoms with Crippen LogP contribution >= 0.6 is 0 Å². The number of nitrogens with one attached hydrogen (secondary N) is 2. The van der Waals surface area contributed by atoms with Gasteiger partial charge in [0, 0.05) is 43.1 Å². The first-order valence-corrected chi connectivity index (χ1v) is 8.48. The van der Waals surface area contributed by atoms with Gasteiger partial charge in [-0.05, 0) is 6.42 Å². The molecule has 1 fully saturated rings. The summed E-state index contributed by atoms with van der Waals surface area (Å²) in [5.41, 5.74) is -0.998. The molecule has 0 aromatic rings. The van der Waals surface area contributed by atoms with Gasteiger partial charge in [-0.2, -0.15) is 0 Å². The van der Waals surface area contributed by atoms with Crippen molar-refractivity contribution < 1.29 is 29.4 Å². The Balaban J connectivity index is 2.28. The van der Waals surface area contributed by atoms with Gasteiger partial charge in [-0.15, -0.1) is 0 Å². The largest absolute Gasteiger partial charge is 0.396 e. The molecule has 1 aliphatic heterocycles. The summed E-state index contributed by atoms with van der Waals surface area (Å²) < 4.78 is 0. The van der Waals surface area contributed by atoms with E-state index >= 15 is 0 Å². The summed E-state index contributed by atoms with van der Waals surface area (Å²) in [6, 6.07) is 0. The highest BCUT2D eigenvalue weighted by atomic mass is 16.3. The fourth-order valence-electron chi connectivity index (χ4n) is 2.31. The molecule has 1 heterocycles. The number of carbonyl (C=O) groups is 4. The molecule has 0 aliphatic carbocycles. The van der Waals surface area contributed by atoms with E-state index in [4.69, 9.17) is 5.11 Å². The van der Waals surface area contributed by atoms with Gasteiger partial charge in [0.15, 0.2) is 0 Å². The molecule has 1 unspecified atom stereocenters. The maximum absolute atomic E-state index is 11.7. The highest BCUT2D eigenvalue weighted by Crippen LogP contribution is 2.19. The fourth-order valence-corrected chi connectivity index (χ4v) is 2.31. The highest BCUT2D eigenvalue weighted by Gasteiger charge is 2.35. The zero-order valence-corrected chi connectivity index (χ0v) is 15.3. The van der Waals surface area contributed by atoms with E-state index in [1.807, 2.05) is 0 Å². The molecule has 0 saturated carbocycles. The molecule has 0 spiro atoms. The van der Waals surface area contributed by atoms with Crippen molar-refractivity contribution in [3.05, 3.63) is 12.3 Å². The molecule has 4 N–H and O–H groups in total. The molecule has 1 aliphatic rings. The van der Waals surface area contributed by atoms with Crippen molar-refractivity contribution in [1.29, 1.82) is 0 Å². The molecular formula is C17H27N3O6. The van der Waals surface area contributed by atoms with E-state index in [0.717, 1.165) is 12.3 Å². The van der Waals surface area contributed by atoms with E-state index < -0.39 is 23.3 Å². The Hall–Kier alpha value is -2.26. The third kappa shape index (κ3) is 5.92. The minimum absolute atomic E-state index is 0.187. The maximum atomic E-state index is 11.7. The molecule has 26 heavy (non-hydrogen) atoms. The van der Waals surface area contributed by atoms with Crippen LogP contribution in [0.3, 0.4) is 0 Å². The second kappa shape index (κ2) is 9.44. The molecule has 2 atom stereocenters. The van der Waals surface area contributed by atoms with Crippen molar-refractivity contribution in [3.8, 4) is 0 Å². The lowest BCUT2D eigenvalue weighted by atomic mass is 9.87. The van der Waals surface area contributed by atoms with Crippen LogP contribution in [0.5, 0.6) is 0 Å². The maximum Gasteiger partial charge on any atom is 0.253 e. The molecule has 0 aromatic heterocycles. The first-order chi connectivity index (χ1) is 12.1. The van der Waals surface area contributed by atoms with Gasteiger partial charge in [-0.25, -0.2) is 0 Å². The second-order valence-corrected chi connectivity index (χ2v) is 7.02. The number of imide groups is 1. The van der Waals surface area contributed by atoms with Gasteiger partial charge in [0.2, 0.25) is 17.7 Å². The smallest absolute Gasteiger partial charge is 0.253 e. The van der Waals surface area contributed by atoms with Gasteiger partial charge in [0.05, 0.1) is 6.61 Å². The predicted octanol–water partition coefficient (Wildman–Crippen LogP) is -1.10. The summed E-state index contributed by atoms with van der Waals surface area (Å²) in [6.45, 7) is 4.93. The molecule has 0 radical (unpaired) electrons. The third-order valence-corrected chi connectivity index (χ3v) is 4.18. The van der Waals surface area contributed by atoms with Crippen molar-refractivity contribution in [1.82, 2.24) is 15.5 Å². The topological polar surface area (TPSA) is 136 Å². The van der Waals surface area contributed by atoms with Gasteiger partial charge in [-0.1, -0.05) is 20.8 Å². The fraction of sp³-hybridized carbons (Fsp3) is 0.647. The van der Waals surface area contributed by atoms with Crippen LogP contribution in [-0.4, -0.2) is 64.5 Å². The first kappa shape index (κ1) is 21.8. The van der Waals surface area contributed by atoms with Crippen LogP contribution in [0.4, 0.5) is 0 Å². The minimum atomic E-state index is -1.42. The number of carbonyl (C=O) groups excluding carboxylic acids is 4. The first-order valence-electron chi connectivity index (χ1n) is 8.48. The molecule has 146 valence electrons. The van der Waals surface area contributed by atoms with Crippen molar-refractivity contribution in [2.24, 2.45) is 11.3 Å². The van der Waals surface area contributed by atoms with E-state index in [1.54, 1.807) is 6.92 Å². The van der Waals surface area contributed by atoms with Crippen molar-refractivity contribution in [2.45, 2.75) is 39.7 Å². The van der Waals surface area contributed by atoms with Crippen LogP contribution in [0.2, 0.25) is 0 Å². The Labute approximate surface area is 152 Å². The van der Waals surface area contributed by atoms with Crippen LogP contribution < -0.4 is 10.6 Å². The molecule has 0 aromatic carbocycles. The van der Waals surface area contributed by atoms with Crippen LogP contribution in [0, 0.1) is 11.3 Å². The van der Waals surface area contributed by atoms with Crippen LogP contribution in [0.1, 0.15) is 33.6 Å². The lowest BCUT2D eigenvalue weighted by molar-refractivity contribution is -0.139. The van der Waals surface area contributed by atoms with E-state index in [2.05, 4.69) is 10.6 Å². The van der Waals surface area contributed by atoms with E-state index in [-0.39, 0.29) is 43.8 Å². The van der Waals surface area contributed by atoms with Gasteiger partial charge in [0.25, 0.3) is 5.91 Å². The summed E-state index contributed by atoms with van der Waals surface area (Å²) in [5.74, 6) is -1.86. The number of likely N-dealkylation sites (tertiary alicyclic amines) is 1. The standard InChI is InChI=1S/C17H27N3O6/c1-11-9-13(23)20(16(11)26)8-4-6-18-12(22)5-7-19-15(25)14(24)17(2,3)10-21/h5,7,11,14,21,24H,4,6,8-10H2,1-3H3,(H,18,22)(H,19,25)/b7-5-/t11?,14-/m0/s1. The average Bonchev–Trinajstić information content (AvgIpc) is 2.83. The summed E-state index contributed by atoms with van der Waals surface area (Å²) in [7, 11) is 0. The monoisotopic (exact) mass is 369 g/mol. The third-order valence-electron chi connectivity index (χ3n) is 4.18. The van der Waals surface area contributed by atoms with Gasteiger partial charge in [0.1, 0.15) is 6.10 Å². The summed E-state index contributed by atoms with van der Waals surface area (Å²) in [5, 5.41) is 23.7. The quantitative estimate of drug-likeness (QED) is 0.231. The molecule has 9 heteroatoms. The summed E-state index contributed by atoms with van der Waals surface area (Å²) in [6.07, 6.45) is 1.43. The number of amides is 4. The molecule has 4 amide bonds. The predicted molar refractivity (Wildman–Crippen MR) is 92.3 cm³/mol. The highest BCUT2D eigenvalue weighted by molar-refractivity contribution is 6.03. The Kier molecular flexibility index (Phi) is 7.91. The van der Waals surface area contributed by atoms with Crippen LogP contribution in [0.15, 0.2) is 12.3 Å². The van der Waals surface area contributed by atoms with Crippen LogP contribution in [0.25, 0.3) is 0 Å². The van der Waals surface area contributed by atoms with Crippen molar-refractivity contribution >= 4 is 23.6 Å². The summed E-state index contributed by atoms with van der Waals surface area (Å²) >= 11 is 0. The van der Waals surface area contributed by atoms with Crippen molar-refractivity contribution in [3.63, 3.8) is 0 Å².